The van der Waals surface area contributed by atoms with Crippen molar-refractivity contribution in [1.82, 2.24) is 4.98 Å². The standard InChI is InChI=1S/C23H17NO3S.Na/c1-14-19(13-28(25,26)27)11-18-7-8-20-21(23(18)24-14)9-6-17-10-15-4-2-3-5-16(15)12-22(17)20;/h2-12H,13H2,1H3,(H,25,26,27);/q;+1/p-1. The molecule has 5 rings (SSSR count). The van der Waals surface area contributed by atoms with Gasteiger partial charge in [-0.3, -0.25) is 4.98 Å². The average molecular weight is 409 g/mol. The SMILES string of the molecule is Cc1nc2c(ccc3c4cc5ccccc5cc4ccc32)cc1CS(=O)(=O)[O-].[Na+]. The minimum atomic E-state index is -4.35. The minimum absolute atomic E-state index is 0. The van der Waals surface area contributed by atoms with Crippen LogP contribution in [0.2, 0.25) is 0 Å². The van der Waals surface area contributed by atoms with Gasteiger partial charge in [0.05, 0.1) is 21.4 Å². The van der Waals surface area contributed by atoms with Gasteiger partial charge >= 0.3 is 29.6 Å². The van der Waals surface area contributed by atoms with Crippen molar-refractivity contribution in [1.29, 1.82) is 0 Å². The van der Waals surface area contributed by atoms with E-state index in [0.717, 1.165) is 32.4 Å². The Morgan fingerprint density at radius 3 is 2.17 bits per heavy atom. The van der Waals surface area contributed by atoms with Crippen LogP contribution in [0.4, 0.5) is 0 Å². The van der Waals surface area contributed by atoms with Gasteiger partial charge in [-0.2, -0.15) is 0 Å². The number of aryl methyl sites for hydroxylation is 1. The fourth-order valence-electron chi connectivity index (χ4n) is 3.94. The summed E-state index contributed by atoms with van der Waals surface area (Å²) < 4.78 is 33.5. The van der Waals surface area contributed by atoms with E-state index in [4.69, 9.17) is 0 Å². The summed E-state index contributed by atoms with van der Waals surface area (Å²) in [5.74, 6) is -0.538. The quantitative estimate of drug-likeness (QED) is 0.194. The van der Waals surface area contributed by atoms with Crippen LogP contribution in [-0.4, -0.2) is 18.0 Å². The van der Waals surface area contributed by atoms with E-state index >= 15 is 0 Å². The first kappa shape index (κ1) is 20.3. The van der Waals surface area contributed by atoms with Gasteiger partial charge in [0.25, 0.3) is 0 Å². The molecule has 0 aliphatic rings. The first-order chi connectivity index (χ1) is 13.4. The molecule has 29 heavy (non-hydrogen) atoms. The summed E-state index contributed by atoms with van der Waals surface area (Å²) in [6.45, 7) is 1.74. The maximum atomic E-state index is 11.2. The van der Waals surface area contributed by atoms with E-state index in [9.17, 15) is 13.0 Å². The van der Waals surface area contributed by atoms with Crippen molar-refractivity contribution >= 4 is 53.3 Å². The second kappa shape index (κ2) is 7.35. The maximum absolute atomic E-state index is 11.2. The zero-order valence-electron chi connectivity index (χ0n) is 16.1. The summed E-state index contributed by atoms with van der Waals surface area (Å²) >= 11 is 0. The largest absolute Gasteiger partial charge is 1.00 e. The van der Waals surface area contributed by atoms with Crippen molar-refractivity contribution < 1.29 is 42.5 Å². The van der Waals surface area contributed by atoms with Gasteiger partial charge in [0.2, 0.25) is 0 Å². The summed E-state index contributed by atoms with van der Waals surface area (Å²) in [6, 6.07) is 22.6. The molecule has 1 aromatic heterocycles. The van der Waals surface area contributed by atoms with Crippen LogP contribution < -0.4 is 29.6 Å². The second-order valence-electron chi connectivity index (χ2n) is 7.15. The van der Waals surface area contributed by atoms with Gasteiger partial charge in [-0.25, -0.2) is 8.42 Å². The molecule has 6 heteroatoms. The van der Waals surface area contributed by atoms with E-state index in [2.05, 4.69) is 41.4 Å². The Hall–Kier alpha value is -2.02. The molecule has 0 fully saturated rings. The van der Waals surface area contributed by atoms with Crippen LogP contribution in [0.15, 0.2) is 66.7 Å². The van der Waals surface area contributed by atoms with Crippen LogP contribution in [-0.2, 0) is 15.9 Å². The number of fused-ring (bicyclic) bond motifs is 6. The van der Waals surface area contributed by atoms with Crippen LogP contribution >= 0.6 is 0 Å². The Labute approximate surface area is 190 Å². The molecule has 0 aliphatic heterocycles. The zero-order chi connectivity index (χ0) is 19.5. The van der Waals surface area contributed by atoms with E-state index in [-0.39, 0.29) is 29.6 Å². The molecule has 0 N–H and O–H groups in total. The molecule has 5 aromatic rings. The van der Waals surface area contributed by atoms with Crippen molar-refractivity contribution in [3.8, 4) is 0 Å². The van der Waals surface area contributed by atoms with Crippen LogP contribution in [0.5, 0.6) is 0 Å². The van der Waals surface area contributed by atoms with Crippen LogP contribution in [0.1, 0.15) is 11.3 Å². The predicted octanol–water partition coefficient (Wildman–Crippen LogP) is 2.05. The Balaban J connectivity index is 0.00000205. The molecule has 138 valence electrons. The number of rotatable bonds is 2. The molecule has 0 bridgehead atoms. The van der Waals surface area contributed by atoms with Crippen molar-refractivity contribution in [2.75, 3.05) is 0 Å². The summed E-state index contributed by atoms with van der Waals surface area (Å²) in [7, 11) is -4.35. The molecule has 4 nitrogen and oxygen atoms in total. The number of nitrogens with zero attached hydrogens (tertiary/aromatic N) is 1. The van der Waals surface area contributed by atoms with Gasteiger partial charge in [-0.05, 0) is 57.6 Å². The van der Waals surface area contributed by atoms with E-state index in [1.807, 2.05) is 24.3 Å². The molecule has 0 radical (unpaired) electrons. The normalized spacial score (nSPS) is 11.9. The molecule has 0 saturated carbocycles. The van der Waals surface area contributed by atoms with E-state index < -0.39 is 15.9 Å². The summed E-state index contributed by atoms with van der Waals surface area (Å²) in [5, 5.41) is 7.65. The first-order valence-corrected chi connectivity index (χ1v) is 10.5. The third-order valence-electron chi connectivity index (χ3n) is 5.29. The van der Waals surface area contributed by atoms with Gasteiger partial charge in [0.15, 0.2) is 0 Å². The van der Waals surface area contributed by atoms with Gasteiger partial charge in [-0.15, -0.1) is 0 Å². The number of hydrogen-bond donors (Lipinski definition) is 0. The summed E-state index contributed by atoms with van der Waals surface area (Å²) in [4.78, 5) is 4.65. The van der Waals surface area contributed by atoms with E-state index in [1.54, 1.807) is 13.0 Å². The maximum Gasteiger partial charge on any atom is 1.00 e. The molecule has 0 atom stereocenters. The first-order valence-electron chi connectivity index (χ1n) is 8.97. The topological polar surface area (TPSA) is 70.1 Å². The third-order valence-corrected chi connectivity index (χ3v) is 5.96. The van der Waals surface area contributed by atoms with Crippen LogP contribution in [0.25, 0.3) is 43.2 Å². The number of hydrogen-bond acceptors (Lipinski definition) is 4. The zero-order valence-corrected chi connectivity index (χ0v) is 19.0. The van der Waals surface area contributed by atoms with Crippen molar-refractivity contribution in [3.63, 3.8) is 0 Å². The van der Waals surface area contributed by atoms with Gasteiger partial charge in [0, 0.05) is 16.5 Å². The van der Waals surface area contributed by atoms with Crippen molar-refractivity contribution in [3.05, 3.63) is 78.0 Å². The Morgan fingerprint density at radius 2 is 1.45 bits per heavy atom. The van der Waals surface area contributed by atoms with Gasteiger partial charge < -0.3 is 4.55 Å². The van der Waals surface area contributed by atoms with Gasteiger partial charge in [-0.1, -0.05) is 48.5 Å². The molecule has 1 heterocycles. The Morgan fingerprint density at radius 1 is 0.793 bits per heavy atom. The smallest absolute Gasteiger partial charge is 0.748 e. The van der Waals surface area contributed by atoms with Crippen LogP contribution in [0.3, 0.4) is 0 Å². The van der Waals surface area contributed by atoms with Crippen molar-refractivity contribution in [2.45, 2.75) is 12.7 Å². The monoisotopic (exact) mass is 409 g/mol. The molecule has 0 amide bonds. The predicted molar refractivity (Wildman–Crippen MR) is 112 cm³/mol. The van der Waals surface area contributed by atoms with Crippen LogP contribution in [0, 0.1) is 6.92 Å². The molecule has 0 spiro atoms. The van der Waals surface area contributed by atoms with Gasteiger partial charge in [0.1, 0.15) is 0 Å². The molecular weight excluding hydrogens is 393 g/mol. The van der Waals surface area contributed by atoms with E-state index in [1.165, 1.54) is 10.8 Å². The fraction of sp³-hybridized carbons (Fsp3) is 0.0870. The number of pyridine rings is 1. The molecule has 0 saturated heterocycles. The minimum Gasteiger partial charge on any atom is -0.748 e. The second-order valence-corrected chi connectivity index (χ2v) is 8.56. The molecule has 4 aromatic carbocycles. The molecule has 0 aliphatic carbocycles. The summed E-state index contributed by atoms with van der Waals surface area (Å²) in [5.41, 5.74) is 1.84. The Kier molecular flexibility index (Phi) is 5.13. The van der Waals surface area contributed by atoms with Crippen molar-refractivity contribution in [2.24, 2.45) is 0 Å². The number of benzene rings is 4. The Bertz CT molecular complexity index is 1530. The average Bonchev–Trinajstić information content (AvgIpc) is 2.65. The number of aromatic nitrogens is 1. The van der Waals surface area contributed by atoms with E-state index in [0.29, 0.717) is 11.3 Å². The molecule has 0 unspecified atom stereocenters. The fourth-order valence-corrected chi connectivity index (χ4v) is 4.61. The molecular formula is C23H16NNaO3S. The summed E-state index contributed by atoms with van der Waals surface area (Å²) in [6.07, 6.45) is 0. The third kappa shape index (κ3) is 3.65.